The molecule has 0 aromatic rings. The molecule has 0 heterocycles. The summed E-state index contributed by atoms with van der Waals surface area (Å²) in [6.07, 6.45) is 2.02. The first-order valence-corrected chi connectivity index (χ1v) is 3.52. The molecular weight excluding hydrogens is 140 g/mol. The number of ketones is 1. The van der Waals surface area contributed by atoms with E-state index in [0.717, 1.165) is 5.70 Å². The number of hydrogen-bond acceptors (Lipinski definition) is 3. The highest BCUT2D eigenvalue weighted by Gasteiger charge is 1.92. The molecule has 3 heteroatoms. The molecular formula is C8H12N2O. The van der Waals surface area contributed by atoms with Crippen LogP contribution in [0.2, 0.25) is 0 Å². The Morgan fingerprint density at radius 3 is 2.82 bits per heavy atom. The third-order valence-corrected chi connectivity index (χ3v) is 1.17. The van der Waals surface area contributed by atoms with Gasteiger partial charge in [-0.05, 0) is 13.0 Å². The molecule has 0 aliphatic heterocycles. The van der Waals surface area contributed by atoms with E-state index in [1.165, 1.54) is 6.08 Å². The quantitative estimate of drug-likeness (QED) is 0.482. The standard InChI is InChI=1S/C8H12N2O/c1-3-8(11)6-7(2)10-5-4-9/h6,10H,3,5H2,1-2H3/b7-6-. The molecule has 0 aliphatic rings. The van der Waals surface area contributed by atoms with Gasteiger partial charge in [-0.2, -0.15) is 5.26 Å². The maximum atomic E-state index is 10.8. The van der Waals surface area contributed by atoms with E-state index in [2.05, 4.69) is 5.32 Å². The molecule has 0 aromatic carbocycles. The average Bonchev–Trinajstić information content (AvgIpc) is 2.00. The normalized spacial score (nSPS) is 10.5. The molecule has 0 saturated carbocycles. The molecule has 0 unspecified atom stereocenters. The van der Waals surface area contributed by atoms with Gasteiger partial charge in [0.15, 0.2) is 5.78 Å². The highest BCUT2D eigenvalue weighted by atomic mass is 16.1. The van der Waals surface area contributed by atoms with Crippen molar-refractivity contribution in [2.75, 3.05) is 6.54 Å². The van der Waals surface area contributed by atoms with Crippen LogP contribution in [0.25, 0.3) is 0 Å². The third kappa shape index (κ3) is 5.16. The molecule has 60 valence electrons. The van der Waals surface area contributed by atoms with E-state index in [9.17, 15) is 4.79 Å². The molecule has 0 rings (SSSR count). The monoisotopic (exact) mass is 152 g/mol. The fraction of sp³-hybridized carbons (Fsp3) is 0.500. The van der Waals surface area contributed by atoms with E-state index in [4.69, 9.17) is 5.26 Å². The van der Waals surface area contributed by atoms with Gasteiger partial charge in [0, 0.05) is 12.1 Å². The molecule has 1 N–H and O–H groups in total. The Bertz CT molecular complexity index is 201. The third-order valence-electron chi connectivity index (χ3n) is 1.17. The summed E-state index contributed by atoms with van der Waals surface area (Å²) in [5, 5.41) is 11.0. The van der Waals surface area contributed by atoms with Crippen LogP contribution in [-0.4, -0.2) is 12.3 Å². The van der Waals surface area contributed by atoms with E-state index in [1.807, 2.05) is 6.07 Å². The van der Waals surface area contributed by atoms with Crippen LogP contribution < -0.4 is 5.32 Å². The summed E-state index contributed by atoms with van der Waals surface area (Å²) >= 11 is 0. The zero-order valence-electron chi connectivity index (χ0n) is 6.85. The fourth-order valence-corrected chi connectivity index (χ4v) is 0.574. The lowest BCUT2D eigenvalue weighted by Gasteiger charge is -1.98. The van der Waals surface area contributed by atoms with Crippen molar-refractivity contribution in [3.63, 3.8) is 0 Å². The predicted octanol–water partition coefficient (Wildman–Crippen LogP) is 0.982. The minimum atomic E-state index is 0.0768. The van der Waals surface area contributed by atoms with Crippen LogP contribution in [0.15, 0.2) is 11.8 Å². The highest BCUT2D eigenvalue weighted by molar-refractivity contribution is 5.89. The number of rotatable bonds is 4. The SMILES string of the molecule is CCC(=O)/C=C(/C)NCC#N. The Kier molecular flexibility index (Phi) is 4.83. The number of nitrogens with zero attached hydrogens (tertiary/aromatic N) is 1. The largest absolute Gasteiger partial charge is 0.376 e. The van der Waals surface area contributed by atoms with Crippen molar-refractivity contribution < 1.29 is 4.79 Å². The molecule has 0 aromatic heterocycles. The molecule has 0 bridgehead atoms. The van der Waals surface area contributed by atoms with Gasteiger partial charge in [-0.25, -0.2) is 0 Å². The summed E-state index contributed by atoms with van der Waals surface area (Å²) in [5.41, 5.74) is 0.749. The first kappa shape index (κ1) is 9.70. The summed E-state index contributed by atoms with van der Waals surface area (Å²) in [6.45, 7) is 3.82. The molecule has 0 aliphatic carbocycles. The van der Waals surface area contributed by atoms with Gasteiger partial charge >= 0.3 is 0 Å². The van der Waals surface area contributed by atoms with Crippen LogP contribution in [0.4, 0.5) is 0 Å². The molecule has 0 radical (unpaired) electrons. The Labute approximate surface area is 66.7 Å². The molecule has 11 heavy (non-hydrogen) atoms. The highest BCUT2D eigenvalue weighted by Crippen LogP contribution is 1.89. The summed E-state index contributed by atoms with van der Waals surface area (Å²) < 4.78 is 0. The van der Waals surface area contributed by atoms with Crippen molar-refractivity contribution in [2.45, 2.75) is 20.3 Å². The van der Waals surface area contributed by atoms with Crippen molar-refractivity contribution in [1.29, 1.82) is 5.26 Å². The summed E-state index contributed by atoms with van der Waals surface area (Å²) in [4.78, 5) is 10.8. The van der Waals surface area contributed by atoms with E-state index >= 15 is 0 Å². The van der Waals surface area contributed by atoms with Gasteiger partial charge in [-0.1, -0.05) is 6.92 Å². The van der Waals surface area contributed by atoms with Gasteiger partial charge in [-0.15, -0.1) is 0 Å². The number of allylic oxidation sites excluding steroid dienone is 2. The van der Waals surface area contributed by atoms with Crippen LogP contribution >= 0.6 is 0 Å². The van der Waals surface area contributed by atoms with Gasteiger partial charge in [0.1, 0.15) is 6.54 Å². The smallest absolute Gasteiger partial charge is 0.157 e. The van der Waals surface area contributed by atoms with E-state index in [-0.39, 0.29) is 12.3 Å². The zero-order valence-corrected chi connectivity index (χ0v) is 6.85. The van der Waals surface area contributed by atoms with Crippen LogP contribution in [0, 0.1) is 11.3 Å². The Morgan fingerprint density at radius 1 is 1.73 bits per heavy atom. The van der Waals surface area contributed by atoms with E-state index < -0.39 is 0 Å². The number of carbonyl (C=O) groups is 1. The Balaban J connectivity index is 3.82. The van der Waals surface area contributed by atoms with Crippen LogP contribution in [0.3, 0.4) is 0 Å². The van der Waals surface area contributed by atoms with Gasteiger partial charge in [-0.3, -0.25) is 4.79 Å². The first-order chi connectivity index (χ1) is 5.20. The average molecular weight is 152 g/mol. The van der Waals surface area contributed by atoms with Gasteiger partial charge < -0.3 is 5.32 Å². The number of nitrogens with one attached hydrogen (secondary N) is 1. The van der Waals surface area contributed by atoms with E-state index in [0.29, 0.717) is 6.42 Å². The maximum Gasteiger partial charge on any atom is 0.157 e. The second-order valence-corrected chi connectivity index (χ2v) is 2.16. The van der Waals surface area contributed by atoms with Crippen molar-refractivity contribution >= 4 is 5.78 Å². The maximum absolute atomic E-state index is 10.8. The summed E-state index contributed by atoms with van der Waals surface area (Å²) in [5.74, 6) is 0.0768. The van der Waals surface area contributed by atoms with Crippen LogP contribution in [0.1, 0.15) is 20.3 Å². The second-order valence-electron chi connectivity index (χ2n) is 2.16. The number of carbonyl (C=O) groups excluding carboxylic acids is 1. The predicted molar refractivity (Wildman–Crippen MR) is 42.7 cm³/mol. The van der Waals surface area contributed by atoms with Gasteiger partial charge in [0.2, 0.25) is 0 Å². The number of nitriles is 1. The molecule has 0 fully saturated rings. The lowest BCUT2D eigenvalue weighted by Crippen LogP contribution is -2.11. The minimum absolute atomic E-state index is 0.0768. The zero-order chi connectivity index (χ0) is 8.69. The molecule has 3 nitrogen and oxygen atoms in total. The lowest BCUT2D eigenvalue weighted by atomic mass is 10.2. The van der Waals surface area contributed by atoms with Crippen molar-refractivity contribution in [3.8, 4) is 6.07 Å². The Hall–Kier alpha value is -1.30. The van der Waals surface area contributed by atoms with Crippen LogP contribution in [0.5, 0.6) is 0 Å². The topological polar surface area (TPSA) is 52.9 Å². The molecule has 0 saturated heterocycles. The molecule has 0 atom stereocenters. The Morgan fingerprint density at radius 2 is 2.36 bits per heavy atom. The summed E-state index contributed by atoms with van der Waals surface area (Å²) in [7, 11) is 0. The minimum Gasteiger partial charge on any atom is -0.376 e. The van der Waals surface area contributed by atoms with Crippen molar-refractivity contribution in [2.24, 2.45) is 0 Å². The van der Waals surface area contributed by atoms with Crippen LogP contribution in [-0.2, 0) is 4.79 Å². The molecule has 0 amide bonds. The molecule has 0 spiro atoms. The van der Waals surface area contributed by atoms with Gasteiger partial charge in [0.05, 0.1) is 6.07 Å². The second kappa shape index (κ2) is 5.48. The fourth-order valence-electron chi connectivity index (χ4n) is 0.574. The lowest BCUT2D eigenvalue weighted by molar-refractivity contribution is -0.114. The first-order valence-electron chi connectivity index (χ1n) is 3.52. The van der Waals surface area contributed by atoms with Gasteiger partial charge in [0.25, 0.3) is 0 Å². The van der Waals surface area contributed by atoms with Crippen molar-refractivity contribution in [1.82, 2.24) is 5.32 Å². The summed E-state index contributed by atoms with van der Waals surface area (Å²) in [6, 6.07) is 1.93. The number of hydrogen-bond donors (Lipinski definition) is 1. The van der Waals surface area contributed by atoms with E-state index in [1.54, 1.807) is 13.8 Å². The van der Waals surface area contributed by atoms with Crippen molar-refractivity contribution in [3.05, 3.63) is 11.8 Å².